The summed E-state index contributed by atoms with van der Waals surface area (Å²) in [6.07, 6.45) is 1.51. The Hall–Kier alpha value is -1.84. The Morgan fingerprint density at radius 2 is 2.39 bits per heavy atom. The van der Waals surface area contributed by atoms with Crippen molar-refractivity contribution < 1.29 is 4.79 Å². The average Bonchev–Trinajstić information content (AvgIpc) is 2.75. The lowest BCUT2D eigenvalue weighted by Crippen LogP contribution is -2.19. The highest BCUT2D eigenvalue weighted by Crippen LogP contribution is 2.16. The van der Waals surface area contributed by atoms with Crippen LogP contribution in [0.5, 0.6) is 0 Å². The van der Waals surface area contributed by atoms with Crippen molar-refractivity contribution in [3.63, 3.8) is 0 Å². The first-order valence-corrected chi connectivity index (χ1v) is 6.29. The second-order valence-electron chi connectivity index (χ2n) is 3.34. The molecule has 18 heavy (non-hydrogen) atoms. The molecule has 1 aromatic rings. The van der Waals surface area contributed by atoms with Crippen LogP contribution in [0.4, 0.5) is 0 Å². The molecule has 1 heterocycles. The van der Waals surface area contributed by atoms with E-state index in [1.165, 1.54) is 18.0 Å². The number of carbonyl (C=O) groups excluding carboxylic acids is 1. The maximum Gasteiger partial charge on any atom is 0.236 e. The number of rotatable bonds is 2. The van der Waals surface area contributed by atoms with E-state index >= 15 is 0 Å². The minimum Gasteiger partial charge on any atom is -0.303 e. The van der Waals surface area contributed by atoms with Gasteiger partial charge in [0.2, 0.25) is 5.91 Å². The number of nitriles is 1. The molecule has 0 aromatic heterocycles. The summed E-state index contributed by atoms with van der Waals surface area (Å²) in [7, 11) is 0. The first-order valence-electron chi connectivity index (χ1n) is 4.92. The number of amides is 1. The lowest BCUT2D eigenvalue weighted by molar-refractivity contribution is -0.116. The van der Waals surface area contributed by atoms with Crippen LogP contribution >= 0.6 is 23.4 Å². The minimum atomic E-state index is -0.0737. The zero-order valence-corrected chi connectivity index (χ0v) is 10.6. The molecule has 7 heteroatoms. The summed E-state index contributed by atoms with van der Waals surface area (Å²) in [5.74, 6) is 0.298. The van der Waals surface area contributed by atoms with Gasteiger partial charge in [0, 0.05) is 0 Å². The summed E-state index contributed by atoms with van der Waals surface area (Å²) >= 11 is 7.17. The molecule has 1 fully saturated rings. The number of carbonyl (C=O) groups is 1. The van der Waals surface area contributed by atoms with Crippen molar-refractivity contribution in [1.29, 1.82) is 5.26 Å². The van der Waals surface area contributed by atoms with Gasteiger partial charge in [0.1, 0.15) is 6.07 Å². The molecule has 90 valence electrons. The first-order chi connectivity index (χ1) is 8.69. The largest absolute Gasteiger partial charge is 0.303 e. The Morgan fingerprint density at radius 3 is 3.00 bits per heavy atom. The predicted octanol–water partition coefficient (Wildman–Crippen LogP) is 1.76. The van der Waals surface area contributed by atoms with Crippen molar-refractivity contribution in [2.45, 2.75) is 0 Å². The molecule has 0 radical (unpaired) electrons. The second kappa shape index (κ2) is 5.67. The van der Waals surface area contributed by atoms with Crippen LogP contribution in [-0.2, 0) is 4.79 Å². The monoisotopic (exact) mass is 278 g/mol. The lowest BCUT2D eigenvalue weighted by Gasteiger charge is -1.95. The second-order valence-corrected chi connectivity index (χ2v) is 4.71. The molecule has 0 bridgehead atoms. The molecule has 0 spiro atoms. The number of nitrogens with zero attached hydrogens (tertiary/aromatic N) is 3. The quantitative estimate of drug-likeness (QED) is 0.661. The summed E-state index contributed by atoms with van der Waals surface area (Å²) < 4.78 is 0. The summed E-state index contributed by atoms with van der Waals surface area (Å²) in [5, 5.41) is 19.8. The molecule has 1 saturated heterocycles. The molecule has 0 atom stereocenters. The normalized spacial score (nSPS) is 17.1. The van der Waals surface area contributed by atoms with E-state index in [9.17, 15) is 4.79 Å². The van der Waals surface area contributed by atoms with E-state index in [2.05, 4.69) is 15.5 Å². The molecule has 2 rings (SSSR count). The molecule has 1 aliphatic rings. The van der Waals surface area contributed by atoms with Gasteiger partial charge in [-0.25, -0.2) is 0 Å². The molecular weight excluding hydrogens is 272 g/mol. The number of thioether (sulfide) groups is 1. The maximum absolute atomic E-state index is 10.9. The average molecular weight is 279 g/mol. The van der Waals surface area contributed by atoms with E-state index in [4.69, 9.17) is 16.9 Å². The summed E-state index contributed by atoms with van der Waals surface area (Å²) in [6, 6.07) is 6.93. The molecule has 1 amide bonds. The van der Waals surface area contributed by atoms with Crippen LogP contribution in [0.15, 0.2) is 28.4 Å². The van der Waals surface area contributed by atoms with Gasteiger partial charge in [-0.1, -0.05) is 29.4 Å². The van der Waals surface area contributed by atoms with Crippen molar-refractivity contribution in [2.75, 3.05) is 5.75 Å². The van der Waals surface area contributed by atoms with Gasteiger partial charge in [0.25, 0.3) is 0 Å². The number of amidine groups is 1. The van der Waals surface area contributed by atoms with Gasteiger partial charge in [-0.15, -0.1) is 5.10 Å². The van der Waals surface area contributed by atoms with Crippen molar-refractivity contribution in [3.05, 3.63) is 34.3 Å². The fourth-order valence-corrected chi connectivity index (χ4v) is 2.09. The van der Waals surface area contributed by atoms with Crippen LogP contribution in [0.25, 0.3) is 0 Å². The molecule has 1 aliphatic heterocycles. The molecule has 0 saturated carbocycles. The van der Waals surface area contributed by atoms with E-state index in [0.717, 1.165) is 5.56 Å². The third-order valence-corrected chi connectivity index (χ3v) is 3.23. The van der Waals surface area contributed by atoms with Gasteiger partial charge in [-0.3, -0.25) is 4.79 Å². The van der Waals surface area contributed by atoms with Crippen molar-refractivity contribution in [3.8, 4) is 6.07 Å². The topological polar surface area (TPSA) is 77.6 Å². The Kier molecular flexibility index (Phi) is 3.97. The van der Waals surface area contributed by atoms with E-state index in [1.54, 1.807) is 18.2 Å². The Morgan fingerprint density at radius 1 is 1.56 bits per heavy atom. The minimum absolute atomic E-state index is 0.0737. The summed E-state index contributed by atoms with van der Waals surface area (Å²) in [4.78, 5) is 10.9. The van der Waals surface area contributed by atoms with Crippen molar-refractivity contribution in [1.82, 2.24) is 5.32 Å². The van der Waals surface area contributed by atoms with Crippen molar-refractivity contribution >= 4 is 40.7 Å². The third kappa shape index (κ3) is 3.09. The molecule has 1 N–H and O–H groups in total. The zero-order chi connectivity index (χ0) is 13.0. The molecular formula is C11H7ClN4OS. The van der Waals surface area contributed by atoms with Crippen LogP contribution in [0.2, 0.25) is 5.02 Å². The lowest BCUT2D eigenvalue weighted by atomic mass is 10.2. The number of benzene rings is 1. The van der Waals surface area contributed by atoms with Crippen LogP contribution in [0.1, 0.15) is 11.1 Å². The smallest absolute Gasteiger partial charge is 0.236 e. The highest BCUT2D eigenvalue weighted by atomic mass is 35.5. The van der Waals surface area contributed by atoms with Gasteiger partial charge in [-0.05, 0) is 17.7 Å². The Labute approximate surface area is 113 Å². The SMILES string of the molecule is N#Cc1ccc(C=NN=C2NC(=O)CS2)cc1Cl. The van der Waals surface area contributed by atoms with E-state index in [1.807, 2.05) is 6.07 Å². The van der Waals surface area contributed by atoms with E-state index < -0.39 is 0 Å². The highest BCUT2D eigenvalue weighted by molar-refractivity contribution is 8.15. The molecule has 0 unspecified atom stereocenters. The molecule has 1 aromatic carbocycles. The standard InChI is InChI=1S/C11H7ClN4OS/c12-9-3-7(1-2-8(9)4-13)5-14-16-11-15-10(17)6-18-11/h1-3,5H,6H2,(H,15,16,17). The van der Waals surface area contributed by atoms with Gasteiger partial charge in [0.05, 0.1) is 22.6 Å². The fourth-order valence-electron chi connectivity index (χ4n) is 1.23. The first kappa shape index (κ1) is 12.6. The molecule has 0 aliphatic carbocycles. The Balaban J connectivity index is 2.08. The Bertz CT molecular complexity index is 591. The van der Waals surface area contributed by atoms with Crippen LogP contribution < -0.4 is 5.32 Å². The van der Waals surface area contributed by atoms with Crippen LogP contribution in [0.3, 0.4) is 0 Å². The number of nitrogens with one attached hydrogen (secondary N) is 1. The van der Waals surface area contributed by atoms with Gasteiger partial charge >= 0.3 is 0 Å². The summed E-state index contributed by atoms with van der Waals surface area (Å²) in [5.41, 5.74) is 1.15. The van der Waals surface area contributed by atoms with Crippen LogP contribution in [0, 0.1) is 11.3 Å². The van der Waals surface area contributed by atoms with Gasteiger partial charge in [-0.2, -0.15) is 10.4 Å². The number of halogens is 1. The van der Waals surface area contributed by atoms with Crippen molar-refractivity contribution in [2.24, 2.45) is 10.2 Å². The fraction of sp³-hybridized carbons (Fsp3) is 0.0909. The number of hydrogen-bond acceptors (Lipinski definition) is 5. The van der Waals surface area contributed by atoms with Crippen LogP contribution in [-0.4, -0.2) is 23.0 Å². The zero-order valence-electron chi connectivity index (χ0n) is 9.05. The predicted molar refractivity (Wildman–Crippen MR) is 71.8 cm³/mol. The van der Waals surface area contributed by atoms with Gasteiger partial charge in [0.15, 0.2) is 5.17 Å². The third-order valence-electron chi connectivity index (χ3n) is 2.06. The van der Waals surface area contributed by atoms with E-state index in [-0.39, 0.29) is 5.91 Å². The maximum atomic E-state index is 10.9. The van der Waals surface area contributed by atoms with Gasteiger partial charge < -0.3 is 5.32 Å². The van der Waals surface area contributed by atoms with E-state index in [0.29, 0.717) is 21.5 Å². The summed E-state index contributed by atoms with van der Waals surface area (Å²) in [6.45, 7) is 0. The highest BCUT2D eigenvalue weighted by Gasteiger charge is 2.15. The molecule has 5 nitrogen and oxygen atoms in total. The number of hydrogen-bond donors (Lipinski definition) is 1.